The van der Waals surface area contributed by atoms with Crippen molar-refractivity contribution in [1.82, 2.24) is 19.5 Å². The molecule has 0 aliphatic heterocycles. The number of terminal acetylenes is 1. The fourth-order valence-corrected chi connectivity index (χ4v) is 3.24. The molecule has 8 heteroatoms. The molecule has 0 saturated carbocycles. The lowest BCUT2D eigenvalue weighted by atomic mass is 9.95. The van der Waals surface area contributed by atoms with Crippen LogP contribution in [0.15, 0.2) is 33.9 Å². The number of aromatic nitrogens is 4. The zero-order valence-electron chi connectivity index (χ0n) is 16.4. The van der Waals surface area contributed by atoms with Crippen molar-refractivity contribution in [3.8, 4) is 12.3 Å². The Morgan fingerprint density at radius 2 is 2.00 bits per heavy atom. The first-order chi connectivity index (χ1) is 13.9. The van der Waals surface area contributed by atoms with Crippen LogP contribution < -0.4 is 16.6 Å². The maximum atomic E-state index is 12.3. The molecule has 1 aromatic carbocycles. The monoisotopic (exact) mass is 393 g/mol. The summed E-state index contributed by atoms with van der Waals surface area (Å²) in [5.74, 6) is 2.73. The summed E-state index contributed by atoms with van der Waals surface area (Å²) in [6.07, 6.45) is 7.63. The third-order valence-electron chi connectivity index (χ3n) is 4.67. The standard InChI is InChI=1S/C21H23N5O3/c1-4-6-12-26-19-17(20(28)25-21(26)29)23-18(24-19)16(7-5-2)14-8-10-15(11-9-14)22-13(3)27/h2,8-11,16H,4,6-7,12H2,1,3H3,(H,22,27)(H,23,24)(H,25,28,29). The predicted octanol–water partition coefficient (Wildman–Crippen LogP) is 2.33. The molecule has 2 aromatic heterocycles. The van der Waals surface area contributed by atoms with E-state index in [4.69, 9.17) is 6.42 Å². The van der Waals surface area contributed by atoms with E-state index in [1.54, 1.807) is 12.1 Å². The van der Waals surface area contributed by atoms with Crippen LogP contribution in [0.4, 0.5) is 5.69 Å². The maximum Gasteiger partial charge on any atom is 0.330 e. The highest BCUT2D eigenvalue weighted by Gasteiger charge is 2.20. The summed E-state index contributed by atoms with van der Waals surface area (Å²) >= 11 is 0. The number of fused-ring (bicyclic) bond motifs is 1. The van der Waals surface area contributed by atoms with Crippen LogP contribution in [0, 0.1) is 12.3 Å². The molecule has 0 spiro atoms. The predicted molar refractivity (Wildman–Crippen MR) is 112 cm³/mol. The summed E-state index contributed by atoms with van der Waals surface area (Å²) in [6, 6.07) is 7.28. The average Bonchev–Trinajstić information content (AvgIpc) is 3.12. The fraction of sp³-hybridized carbons (Fsp3) is 0.333. The van der Waals surface area contributed by atoms with Crippen LogP contribution >= 0.6 is 0 Å². The van der Waals surface area contributed by atoms with Crippen LogP contribution in [-0.2, 0) is 11.3 Å². The number of imidazole rings is 1. The highest BCUT2D eigenvalue weighted by Crippen LogP contribution is 2.27. The zero-order chi connectivity index (χ0) is 21.0. The van der Waals surface area contributed by atoms with Gasteiger partial charge in [0.25, 0.3) is 5.56 Å². The number of amides is 1. The summed E-state index contributed by atoms with van der Waals surface area (Å²) in [6.45, 7) is 3.94. The van der Waals surface area contributed by atoms with Crippen molar-refractivity contribution in [3.63, 3.8) is 0 Å². The summed E-state index contributed by atoms with van der Waals surface area (Å²) in [4.78, 5) is 45.7. The Bertz CT molecular complexity index is 1180. The molecule has 0 aliphatic carbocycles. The number of aromatic amines is 2. The summed E-state index contributed by atoms with van der Waals surface area (Å²) in [7, 11) is 0. The largest absolute Gasteiger partial charge is 0.336 e. The minimum atomic E-state index is -0.503. The lowest BCUT2D eigenvalue weighted by molar-refractivity contribution is -0.114. The third-order valence-corrected chi connectivity index (χ3v) is 4.67. The Kier molecular flexibility index (Phi) is 5.98. The number of anilines is 1. The van der Waals surface area contributed by atoms with Gasteiger partial charge in [-0.05, 0) is 24.1 Å². The first-order valence-electron chi connectivity index (χ1n) is 9.48. The number of nitrogens with zero attached hydrogens (tertiary/aromatic N) is 2. The van der Waals surface area contributed by atoms with Crippen molar-refractivity contribution < 1.29 is 4.79 Å². The van der Waals surface area contributed by atoms with E-state index in [-0.39, 0.29) is 17.3 Å². The molecule has 1 amide bonds. The molecule has 0 fully saturated rings. The first-order valence-corrected chi connectivity index (χ1v) is 9.48. The van der Waals surface area contributed by atoms with Gasteiger partial charge in [0, 0.05) is 25.6 Å². The topological polar surface area (TPSA) is 113 Å². The van der Waals surface area contributed by atoms with Gasteiger partial charge in [0.1, 0.15) is 11.3 Å². The molecule has 0 saturated heterocycles. The van der Waals surface area contributed by atoms with Gasteiger partial charge < -0.3 is 10.3 Å². The molecule has 1 unspecified atom stereocenters. The van der Waals surface area contributed by atoms with Crippen LogP contribution in [0.5, 0.6) is 0 Å². The summed E-state index contributed by atoms with van der Waals surface area (Å²) < 4.78 is 1.48. The molecule has 0 aliphatic rings. The van der Waals surface area contributed by atoms with Crippen LogP contribution in [0.25, 0.3) is 11.2 Å². The number of unbranched alkanes of at least 4 members (excludes halogenated alkanes) is 1. The Balaban J connectivity index is 2.07. The van der Waals surface area contributed by atoms with Crippen LogP contribution in [0.1, 0.15) is 50.4 Å². The van der Waals surface area contributed by atoms with E-state index in [2.05, 4.69) is 26.2 Å². The molecule has 1 atom stereocenters. The van der Waals surface area contributed by atoms with Gasteiger partial charge in [0.2, 0.25) is 5.91 Å². The molecule has 0 bridgehead atoms. The normalized spacial score (nSPS) is 11.9. The van der Waals surface area contributed by atoms with E-state index < -0.39 is 11.2 Å². The SMILES string of the molecule is C#CCC(c1ccc(NC(C)=O)cc1)c1nc2c([nH]1)c(=O)[nH]c(=O)n2CCCC. The van der Waals surface area contributed by atoms with Crippen molar-refractivity contribution >= 4 is 22.8 Å². The Labute approximate surface area is 167 Å². The number of benzene rings is 1. The molecule has 3 N–H and O–H groups in total. The second-order valence-corrected chi connectivity index (χ2v) is 6.85. The number of carbonyl (C=O) groups is 1. The van der Waals surface area contributed by atoms with E-state index in [0.29, 0.717) is 30.1 Å². The second kappa shape index (κ2) is 8.61. The molecule has 3 rings (SSSR count). The van der Waals surface area contributed by atoms with Crippen molar-refractivity contribution in [2.45, 2.75) is 45.6 Å². The second-order valence-electron chi connectivity index (χ2n) is 6.85. The van der Waals surface area contributed by atoms with E-state index >= 15 is 0 Å². The smallest absolute Gasteiger partial charge is 0.330 e. The number of H-pyrrole nitrogens is 2. The Hall–Kier alpha value is -3.60. The molecule has 0 radical (unpaired) electrons. The lowest BCUT2D eigenvalue weighted by Gasteiger charge is -2.13. The minimum Gasteiger partial charge on any atom is -0.336 e. The van der Waals surface area contributed by atoms with Crippen LogP contribution in [0.3, 0.4) is 0 Å². The van der Waals surface area contributed by atoms with Gasteiger partial charge >= 0.3 is 5.69 Å². The number of nitrogens with one attached hydrogen (secondary N) is 3. The molecular weight excluding hydrogens is 370 g/mol. The molecule has 8 nitrogen and oxygen atoms in total. The van der Waals surface area contributed by atoms with Gasteiger partial charge in [0.05, 0.1) is 5.92 Å². The molecule has 150 valence electrons. The Morgan fingerprint density at radius 3 is 2.62 bits per heavy atom. The van der Waals surface area contributed by atoms with Gasteiger partial charge in [-0.15, -0.1) is 12.3 Å². The number of rotatable bonds is 7. The van der Waals surface area contributed by atoms with Gasteiger partial charge in [-0.3, -0.25) is 19.1 Å². The third kappa shape index (κ3) is 4.29. The van der Waals surface area contributed by atoms with Crippen LogP contribution in [0.2, 0.25) is 0 Å². The van der Waals surface area contributed by atoms with Gasteiger partial charge in [0.15, 0.2) is 5.65 Å². The summed E-state index contributed by atoms with van der Waals surface area (Å²) in [5.41, 5.74) is 1.18. The van der Waals surface area contributed by atoms with Crippen molar-refractivity contribution in [2.75, 3.05) is 5.32 Å². The fourth-order valence-electron chi connectivity index (χ4n) is 3.24. The quantitative estimate of drug-likeness (QED) is 0.535. The number of hydrogen-bond acceptors (Lipinski definition) is 4. The van der Waals surface area contributed by atoms with Crippen molar-refractivity contribution in [2.24, 2.45) is 0 Å². The average molecular weight is 393 g/mol. The zero-order valence-corrected chi connectivity index (χ0v) is 16.4. The first kappa shape index (κ1) is 20.1. The number of hydrogen-bond donors (Lipinski definition) is 3. The van der Waals surface area contributed by atoms with Crippen LogP contribution in [-0.4, -0.2) is 25.4 Å². The van der Waals surface area contributed by atoms with Gasteiger partial charge in [-0.25, -0.2) is 9.78 Å². The number of carbonyl (C=O) groups excluding carboxylic acids is 1. The van der Waals surface area contributed by atoms with Crippen molar-refractivity contribution in [1.29, 1.82) is 0 Å². The molecule has 3 aromatic rings. The van der Waals surface area contributed by atoms with E-state index in [9.17, 15) is 14.4 Å². The molecule has 2 heterocycles. The highest BCUT2D eigenvalue weighted by molar-refractivity contribution is 5.88. The van der Waals surface area contributed by atoms with E-state index in [1.165, 1.54) is 11.5 Å². The Morgan fingerprint density at radius 1 is 1.28 bits per heavy atom. The molecular formula is C21H23N5O3. The van der Waals surface area contributed by atoms with Crippen molar-refractivity contribution in [3.05, 3.63) is 56.5 Å². The van der Waals surface area contributed by atoms with Gasteiger partial charge in [-0.1, -0.05) is 25.5 Å². The lowest BCUT2D eigenvalue weighted by Crippen LogP contribution is -2.30. The van der Waals surface area contributed by atoms with E-state index in [1.807, 2.05) is 19.1 Å². The maximum absolute atomic E-state index is 12.3. The van der Waals surface area contributed by atoms with Gasteiger partial charge in [-0.2, -0.15) is 0 Å². The molecule has 29 heavy (non-hydrogen) atoms. The van der Waals surface area contributed by atoms with E-state index in [0.717, 1.165) is 18.4 Å². The number of aryl methyl sites for hydroxylation is 1. The highest BCUT2D eigenvalue weighted by atomic mass is 16.2. The minimum absolute atomic E-state index is 0.153. The summed E-state index contributed by atoms with van der Waals surface area (Å²) in [5, 5.41) is 2.72.